The average molecular weight is 358 g/mol. The van der Waals surface area contributed by atoms with Gasteiger partial charge < -0.3 is 9.84 Å². The van der Waals surface area contributed by atoms with Gasteiger partial charge in [-0.25, -0.2) is 4.39 Å². The number of nitrogens with one attached hydrogen (secondary N) is 1. The molecule has 1 heterocycles. The first-order valence-corrected chi connectivity index (χ1v) is 7.80. The second-order valence-electron chi connectivity index (χ2n) is 5.24. The first-order valence-electron chi connectivity index (χ1n) is 7.39. The molecule has 2 aromatic carbocycles. The van der Waals surface area contributed by atoms with Gasteiger partial charge in [0.2, 0.25) is 4.77 Å². The third-order valence-electron chi connectivity index (χ3n) is 3.52. The summed E-state index contributed by atoms with van der Waals surface area (Å²) in [6.07, 6.45) is 2.00. The molecule has 0 saturated carbocycles. The number of aromatic amines is 1. The Kier molecular flexibility index (Phi) is 4.90. The van der Waals surface area contributed by atoms with Crippen LogP contribution in [0.5, 0.6) is 11.5 Å². The lowest BCUT2D eigenvalue weighted by Crippen LogP contribution is -2.00. The number of ether oxygens (including phenoxy) is 1. The summed E-state index contributed by atoms with van der Waals surface area (Å²) in [6.45, 7) is 0. The maximum Gasteiger partial charge on any atom is 0.216 e. The summed E-state index contributed by atoms with van der Waals surface area (Å²) < 4.78 is 19.8. The molecule has 0 unspecified atom stereocenters. The number of halogens is 1. The van der Waals surface area contributed by atoms with Gasteiger partial charge in [-0.05, 0) is 53.7 Å². The molecule has 3 aromatic rings. The zero-order chi connectivity index (χ0) is 17.8. The molecule has 128 valence electrons. The van der Waals surface area contributed by atoms with Crippen LogP contribution in [0.1, 0.15) is 17.0 Å². The molecule has 25 heavy (non-hydrogen) atoms. The molecule has 0 spiro atoms. The van der Waals surface area contributed by atoms with Crippen LogP contribution in [0.25, 0.3) is 0 Å². The smallest absolute Gasteiger partial charge is 0.216 e. The third kappa shape index (κ3) is 3.92. The van der Waals surface area contributed by atoms with Crippen molar-refractivity contribution in [1.29, 1.82) is 0 Å². The van der Waals surface area contributed by atoms with E-state index in [0.717, 1.165) is 5.56 Å². The number of benzene rings is 2. The van der Waals surface area contributed by atoms with E-state index in [1.807, 2.05) is 0 Å². The minimum absolute atomic E-state index is 0.0220. The molecule has 0 saturated heterocycles. The highest BCUT2D eigenvalue weighted by Crippen LogP contribution is 2.25. The summed E-state index contributed by atoms with van der Waals surface area (Å²) in [6, 6.07) is 11.1. The lowest BCUT2D eigenvalue weighted by molar-refractivity contribution is 0.373. The molecule has 2 N–H and O–H groups in total. The zero-order valence-corrected chi connectivity index (χ0v) is 14.1. The monoisotopic (exact) mass is 358 g/mol. The Morgan fingerprint density at radius 1 is 1.32 bits per heavy atom. The number of rotatable bonds is 5. The normalized spacial score (nSPS) is 11.1. The SMILES string of the molecule is COc1ccc(/C=N\n2c(Cc3ccc(F)cc3)n[nH]c2=S)cc1O. The van der Waals surface area contributed by atoms with Crippen LogP contribution in [0, 0.1) is 10.6 Å². The van der Waals surface area contributed by atoms with Crippen LogP contribution in [-0.2, 0) is 6.42 Å². The van der Waals surface area contributed by atoms with Crippen LogP contribution >= 0.6 is 12.2 Å². The minimum Gasteiger partial charge on any atom is -0.504 e. The minimum atomic E-state index is -0.292. The van der Waals surface area contributed by atoms with Crippen LogP contribution in [0.15, 0.2) is 47.6 Å². The van der Waals surface area contributed by atoms with E-state index in [1.54, 1.807) is 30.5 Å². The van der Waals surface area contributed by atoms with Crippen molar-refractivity contribution >= 4 is 18.4 Å². The summed E-state index contributed by atoms with van der Waals surface area (Å²) in [5.74, 6) is 0.702. The predicted octanol–water partition coefficient (Wildman–Crippen LogP) is 3.27. The van der Waals surface area contributed by atoms with E-state index in [4.69, 9.17) is 17.0 Å². The van der Waals surface area contributed by atoms with Crippen molar-refractivity contribution in [3.63, 3.8) is 0 Å². The Balaban J connectivity index is 1.85. The Morgan fingerprint density at radius 2 is 2.08 bits per heavy atom. The molecule has 0 bridgehead atoms. The van der Waals surface area contributed by atoms with Gasteiger partial charge in [0.05, 0.1) is 13.3 Å². The maximum atomic E-state index is 13.0. The van der Waals surface area contributed by atoms with Crippen LogP contribution in [0.2, 0.25) is 0 Å². The number of hydrogen-bond acceptors (Lipinski definition) is 5. The molecule has 3 rings (SSSR count). The number of aromatic hydroxyl groups is 1. The summed E-state index contributed by atoms with van der Waals surface area (Å²) in [4.78, 5) is 0. The highest BCUT2D eigenvalue weighted by Gasteiger charge is 2.07. The van der Waals surface area contributed by atoms with Gasteiger partial charge in [0.1, 0.15) is 5.82 Å². The summed E-state index contributed by atoms with van der Waals surface area (Å²) >= 11 is 5.19. The number of nitrogens with zero attached hydrogens (tertiary/aromatic N) is 3. The summed E-state index contributed by atoms with van der Waals surface area (Å²) in [7, 11) is 1.48. The van der Waals surface area contributed by atoms with Crippen molar-refractivity contribution in [3.8, 4) is 11.5 Å². The lowest BCUT2D eigenvalue weighted by Gasteiger charge is -2.04. The van der Waals surface area contributed by atoms with E-state index in [2.05, 4.69) is 15.3 Å². The van der Waals surface area contributed by atoms with E-state index in [9.17, 15) is 9.50 Å². The first-order chi connectivity index (χ1) is 12.1. The molecule has 6 nitrogen and oxygen atoms in total. The molecule has 0 radical (unpaired) electrons. The molecule has 0 aliphatic heterocycles. The van der Waals surface area contributed by atoms with Gasteiger partial charge >= 0.3 is 0 Å². The average Bonchev–Trinajstić information content (AvgIpc) is 2.95. The first kappa shape index (κ1) is 16.8. The maximum absolute atomic E-state index is 13.0. The number of methoxy groups -OCH3 is 1. The van der Waals surface area contributed by atoms with Crippen molar-refractivity contribution < 1.29 is 14.2 Å². The van der Waals surface area contributed by atoms with E-state index in [0.29, 0.717) is 28.3 Å². The zero-order valence-electron chi connectivity index (χ0n) is 13.3. The topological polar surface area (TPSA) is 75.4 Å². The van der Waals surface area contributed by atoms with E-state index in [1.165, 1.54) is 30.0 Å². The number of H-pyrrole nitrogens is 1. The number of aromatic nitrogens is 3. The van der Waals surface area contributed by atoms with Gasteiger partial charge in [-0.1, -0.05) is 12.1 Å². The third-order valence-corrected chi connectivity index (χ3v) is 3.78. The fraction of sp³-hybridized carbons (Fsp3) is 0.118. The molecule has 0 atom stereocenters. The standard InChI is InChI=1S/C17H15FN4O2S/c1-24-15-7-4-12(8-14(15)23)10-19-22-16(20-21-17(22)25)9-11-2-5-13(18)6-3-11/h2-8,10,23H,9H2,1H3,(H,21,25)/b19-10-. The Labute approximate surface area is 148 Å². The van der Waals surface area contributed by atoms with E-state index in [-0.39, 0.29) is 11.6 Å². The second-order valence-corrected chi connectivity index (χ2v) is 5.62. The molecule has 0 fully saturated rings. The number of phenolic OH excluding ortho intramolecular Hbond substituents is 1. The van der Waals surface area contributed by atoms with Crippen molar-refractivity contribution in [1.82, 2.24) is 14.9 Å². The molecule has 0 amide bonds. The predicted molar refractivity (Wildman–Crippen MR) is 94.3 cm³/mol. The fourth-order valence-corrected chi connectivity index (χ4v) is 2.45. The van der Waals surface area contributed by atoms with Crippen molar-refractivity contribution in [2.75, 3.05) is 7.11 Å². The van der Waals surface area contributed by atoms with Gasteiger partial charge in [0.15, 0.2) is 17.3 Å². The lowest BCUT2D eigenvalue weighted by atomic mass is 10.1. The van der Waals surface area contributed by atoms with Gasteiger partial charge in [0, 0.05) is 6.42 Å². The summed E-state index contributed by atoms with van der Waals surface area (Å²) in [5, 5.41) is 21.0. The van der Waals surface area contributed by atoms with E-state index >= 15 is 0 Å². The van der Waals surface area contributed by atoms with Gasteiger partial charge in [-0.15, -0.1) is 0 Å². The van der Waals surface area contributed by atoms with Crippen molar-refractivity contribution in [2.45, 2.75) is 6.42 Å². The molecular weight excluding hydrogens is 343 g/mol. The highest BCUT2D eigenvalue weighted by molar-refractivity contribution is 7.71. The van der Waals surface area contributed by atoms with Gasteiger partial charge in [0.25, 0.3) is 0 Å². The molecular formula is C17H15FN4O2S. The van der Waals surface area contributed by atoms with Crippen LogP contribution in [0.4, 0.5) is 4.39 Å². The van der Waals surface area contributed by atoms with Crippen LogP contribution in [-0.4, -0.2) is 33.3 Å². The quantitative estimate of drug-likeness (QED) is 0.542. The molecule has 0 aliphatic rings. The van der Waals surface area contributed by atoms with Gasteiger partial charge in [-0.2, -0.15) is 14.9 Å². The van der Waals surface area contributed by atoms with Crippen LogP contribution < -0.4 is 4.74 Å². The number of phenols is 1. The highest BCUT2D eigenvalue weighted by atomic mass is 32.1. The fourth-order valence-electron chi connectivity index (χ4n) is 2.25. The van der Waals surface area contributed by atoms with Crippen molar-refractivity contribution in [2.24, 2.45) is 5.10 Å². The second kappa shape index (κ2) is 7.27. The summed E-state index contributed by atoms with van der Waals surface area (Å²) in [5.41, 5.74) is 1.56. The van der Waals surface area contributed by atoms with Crippen LogP contribution in [0.3, 0.4) is 0 Å². The van der Waals surface area contributed by atoms with E-state index < -0.39 is 0 Å². The van der Waals surface area contributed by atoms with Gasteiger partial charge in [-0.3, -0.25) is 5.10 Å². The molecule has 8 heteroatoms. The Hall–Kier alpha value is -3.00. The largest absolute Gasteiger partial charge is 0.504 e. The molecule has 0 aliphatic carbocycles. The molecule has 1 aromatic heterocycles. The Morgan fingerprint density at radius 3 is 2.76 bits per heavy atom. The number of hydrogen-bond donors (Lipinski definition) is 2. The van der Waals surface area contributed by atoms with Crippen molar-refractivity contribution in [3.05, 3.63) is 70.0 Å². The Bertz CT molecular complexity index is 964.